The van der Waals surface area contributed by atoms with Crippen LogP contribution in [0.4, 0.5) is 0 Å². The first-order chi connectivity index (χ1) is 19.9. The van der Waals surface area contributed by atoms with E-state index in [4.69, 9.17) is 37.9 Å². The van der Waals surface area contributed by atoms with Gasteiger partial charge in [0, 0.05) is 27.7 Å². The SMILES string of the molecule is CC(=O)O[C@@H]1[C@@H](OC(C)=O)[C@H](C)O[C@@H](O[C@H]2[C@H](O)[C@@H](CO)O[C@@H](OCCc3ccccc3)[C@@H]2OC(C)=O)[C@@H]1OC(C)=O. The number of aliphatic hydroxyl groups is 2. The lowest BCUT2D eigenvalue weighted by Gasteiger charge is -2.47. The number of rotatable bonds is 11. The van der Waals surface area contributed by atoms with Gasteiger partial charge in [0.1, 0.15) is 18.3 Å². The zero-order valence-corrected chi connectivity index (χ0v) is 24.1. The topological polar surface area (TPSA) is 183 Å². The predicted octanol–water partition coefficient (Wildman–Crippen LogP) is 0.181. The summed E-state index contributed by atoms with van der Waals surface area (Å²) in [6, 6.07) is 9.42. The van der Waals surface area contributed by atoms with Gasteiger partial charge in [-0.15, -0.1) is 0 Å². The van der Waals surface area contributed by atoms with Crippen LogP contribution in [0.5, 0.6) is 0 Å². The van der Waals surface area contributed by atoms with Crippen LogP contribution in [0.1, 0.15) is 40.2 Å². The standard InChI is InChI=1S/C28H38O14/c1-14-22(37-15(2)30)24(38-16(3)31)26(40-18(5)33)28(36-14)42-23-21(34)20(13-29)41-27(25(23)39-17(4)32)35-12-11-19-9-7-6-8-10-19/h6-10,14,20-29,34H,11-13H2,1-5H3/t14-,20+,21+,22-,23-,24+,25+,26+,27+,28-/m0/s1. The van der Waals surface area contributed by atoms with Crippen molar-refractivity contribution in [3.8, 4) is 0 Å². The Morgan fingerprint density at radius 3 is 1.81 bits per heavy atom. The molecule has 10 atom stereocenters. The summed E-state index contributed by atoms with van der Waals surface area (Å²) < 4.78 is 45.2. The molecular formula is C28H38O14. The minimum atomic E-state index is -1.58. The van der Waals surface area contributed by atoms with Crippen molar-refractivity contribution in [2.45, 2.75) is 102 Å². The summed E-state index contributed by atoms with van der Waals surface area (Å²) in [5, 5.41) is 21.0. The van der Waals surface area contributed by atoms with E-state index in [1.54, 1.807) is 0 Å². The van der Waals surface area contributed by atoms with Crippen LogP contribution < -0.4 is 0 Å². The molecule has 1 aromatic carbocycles. The van der Waals surface area contributed by atoms with Crippen LogP contribution in [0.15, 0.2) is 30.3 Å². The molecule has 234 valence electrons. The van der Waals surface area contributed by atoms with E-state index >= 15 is 0 Å². The minimum Gasteiger partial charge on any atom is -0.456 e. The van der Waals surface area contributed by atoms with Crippen LogP contribution in [0.3, 0.4) is 0 Å². The molecule has 2 N–H and O–H groups in total. The predicted molar refractivity (Wildman–Crippen MR) is 139 cm³/mol. The lowest BCUT2D eigenvalue weighted by molar-refractivity contribution is -0.358. The van der Waals surface area contributed by atoms with E-state index in [0.717, 1.165) is 33.3 Å². The van der Waals surface area contributed by atoms with Crippen molar-refractivity contribution in [3.05, 3.63) is 35.9 Å². The van der Waals surface area contributed by atoms with E-state index in [2.05, 4.69) is 0 Å². The fourth-order valence-corrected chi connectivity index (χ4v) is 4.82. The molecule has 0 bridgehead atoms. The van der Waals surface area contributed by atoms with E-state index in [1.807, 2.05) is 30.3 Å². The van der Waals surface area contributed by atoms with E-state index in [1.165, 1.54) is 6.92 Å². The largest absolute Gasteiger partial charge is 0.456 e. The molecule has 2 saturated heterocycles. The summed E-state index contributed by atoms with van der Waals surface area (Å²) in [7, 11) is 0. The van der Waals surface area contributed by atoms with Gasteiger partial charge < -0.3 is 48.1 Å². The fraction of sp³-hybridized carbons (Fsp3) is 0.643. The molecule has 14 nitrogen and oxygen atoms in total. The third-order valence-corrected chi connectivity index (χ3v) is 6.54. The zero-order chi connectivity index (χ0) is 31.0. The Morgan fingerprint density at radius 1 is 0.738 bits per heavy atom. The average Bonchev–Trinajstić information content (AvgIpc) is 2.91. The second-order valence-electron chi connectivity index (χ2n) is 9.93. The summed E-state index contributed by atoms with van der Waals surface area (Å²) in [5.41, 5.74) is 0.969. The van der Waals surface area contributed by atoms with Crippen molar-refractivity contribution in [2.24, 2.45) is 0 Å². The Kier molecular flexibility index (Phi) is 12.2. The summed E-state index contributed by atoms with van der Waals surface area (Å²) >= 11 is 0. The highest BCUT2D eigenvalue weighted by molar-refractivity contribution is 5.68. The Morgan fingerprint density at radius 2 is 1.26 bits per heavy atom. The third-order valence-electron chi connectivity index (χ3n) is 6.54. The molecule has 0 amide bonds. The Hall–Kier alpha value is -3.14. The monoisotopic (exact) mass is 598 g/mol. The molecule has 3 rings (SSSR count). The number of carbonyl (C=O) groups excluding carboxylic acids is 4. The lowest BCUT2D eigenvalue weighted by Crippen LogP contribution is -2.66. The maximum Gasteiger partial charge on any atom is 0.303 e. The molecular weight excluding hydrogens is 560 g/mol. The molecule has 42 heavy (non-hydrogen) atoms. The first kappa shape index (κ1) is 33.4. The van der Waals surface area contributed by atoms with Crippen LogP contribution in [0.2, 0.25) is 0 Å². The molecule has 1 aromatic rings. The van der Waals surface area contributed by atoms with E-state index in [0.29, 0.717) is 6.42 Å². The molecule has 2 aliphatic heterocycles. The van der Waals surface area contributed by atoms with Gasteiger partial charge in [0.2, 0.25) is 0 Å². The minimum absolute atomic E-state index is 0.124. The third kappa shape index (κ3) is 8.93. The number of aliphatic hydroxyl groups excluding tert-OH is 2. The smallest absolute Gasteiger partial charge is 0.303 e. The average molecular weight is 599 g/mol. The van der Waals surface area contributed by atoms with E-state index in [-0.39, 0.29) is 6.61 Å². The number of hydrogen-bond donors (Lipinski definition) is 2. The molecule has 0 aromatic heterocycles. The van der Waals surface area contributed by atoms with Gasteiger partial charge in [0.15, 0.2) is 37.0 Å². The quantitative estimate of drug-likeness (QED) is 0.260. The maximum atomic E-state index is 12.1. The second kappa shape index (κ2) is 15.4. The molecule has 0 spiro atoms. The maximum absolute atomic E-state index is 12.1. The van der Waals surface area contributed by atoms with E-state index < -0.39 is 91.9 Å². The number of benzene rings is 1. The van der Waals surface area contributed by atoms with Gasteiger partial charge in [0.25, 0.3) is 0 Å². The van der Waals surface area contributed by atoms with Gasteiger partial charge in [-0.1, -0.05) is 30.3 Å². The highest BCUT2D eigenvalue weighted by Crippen LogP contribution is 2.34. The molecule has 0 unspecified atom stereocenters. The Balaban J connectivity index is 1.92. The van der Waals surface area contributed by atoms with Crippen LogP contribution in [-0.2, 0) is 63.5 Å². The zero-order valence-electron chi connectivity index (χ0n) is 24.1. The van der Waals surface area contributed by atoms with Crippen molar-refractivity contribution in [1.29, 1.82) is 0 Å². The van der Waals surface area contributed by atoms with Crippen LogP contribution in [0, 0.1) is 0 Å². The van der Waals surface area contributed by atoms with Gasteiger partial charge in [-0.2, -0.15) is 0 Å². The van der Waals surface area contributed by atoms with Gasteiger partial charge in [-0.3, -0.25) is 19.2 Å². The van der Waals surface area contributed by atoms with Crippen molar-refractivity contribution < 1.29 is 67.3 Å². The molecule has 0 saturated carbocycles. The molecule has 0 aliphatic carbocycles. The molecule has 2 heterocycles. The van der Waals surface area contributed by atoms with Crippen molar-refractivity contribution >= 4 is 23.9 Å². The number of ether oxygens (including phenoxy) is 8. The Bertz CT molecular complexity index is 1060. The van der Waals surface area contributed by atoms with Crippen LogP contribution in [0.25, 0.3) is 0 Å². The Labute approximate surface area is 243 Å². The normalized spacial score (nSPS) is 32.8. The first-order valence-corrected chi connectivity index (χ1v) is 13.5. The first-order valence-electron chi connectivity index (χ1n) is 13.5. The lowest BCUT2D eigenvalue weighted by atomic mass is 9.96. The van der Waals surface area contributed by atoms with Crippen LogP contribution >= 0.6 is 0 Å². The van der Waals surface area contributed by atoms with Crippen molar-refractivity contribution in [1.82, 2.24) is 0 Å². The molecule has 0 radical (unpaired) electrons. The van der Waals surface area contributed by atoms with Crippen molar-refractivity contribution in [2.75, 3.05) is 13.2 Å². The van der Waals surface area contributed by atoms with Gasteiger partial charge in [0.05, 0.1) is 19.3 Å². The second-order valence-corrected chi connectivity index (χ2v) is 9.93. The molecule has 2 aliphatic rings. The van der Waals surface area contributed by atoms with Crippen molar-refractivity contribution in [3.63, 3.8) is 0 Å². The number of esters is 4. The number of carbonyl (C=O) groups is 4. The summed E-state index contributed by atoms with van der Waals surface area (Å²) in [6.07, 6.45) is -12.9. The fourth-order valence-electron chi connectivity index (χ4n) is 4.82. The number of hydrogen-bond acceptors (Lipinski definition) is 14. The van der Waals surface area contributed by atoms with Gasteiger partial charge >= 0.3 is 23.9 Å². The molecule has 2 fully saturated rings. The van der Waals surface area contributed by atoms with Gasteiger partial charge in [-0.25, -0.2) is 0 Å². The summed E-state index contributed by atoms with van der Waals surface area (Å²) in [5.74, 6) is -3.02. The van der Waals surface area contributed by atoms with E-state index in [9.17, 15) is 29.4 Å². The highest BCUT2D eigenvalue weighted by atomic mass is 16.8. The highest BCUT2D eigenvalue weighted by Gasteiger charge is 2.55. The van der Waals surface area contributed by atoms with Crippen LogP contribution in [-0.4, -0.2) is 109 Å². The molecule has 14 heteroatoms. The summed E-state index contributed by atoms with van der Waals surface area (Å²) in [4.78, 5) is 48.0. The van der Waals surface area contributed by atoms with Gasteiger partial charge in [-0.05, 0) is 18.9 Å². The summed E-state index contributed by atoms with van der Waals surface area (Å²) in [6.45, 7) is 5.50.